The van der Waals surface area contributed by atoms with Gasteiger partial charge in [0.15, 0.2) is 11.6 Å². The lowest BCUT2D eigenvalue weighted by molar-refractivity contribution is 0.0990. The van der Waals surface area contributed by atoms with Crippen LogP contribution in [0.5, 0.6) is 0 Å². The van der Waals surface area contributed by atoms with Crippen molar-refractivity contribution >= 4 is 88.4 Å². The van der Waals surface area contributed by atoms with Crippen molar-refractivity contribution in [3.05, 3.63) is 167 Å². The molecule has 0 bridgehead atoms. The molecule has 1 aliphatic carbocycles. The van der Waals surface area contributed by atoms with Gasteiger partial charge < -0.3 is 4.90 Å². The van der Waals surface area contributed by atoms with Gasteiger partial charge in [0.25, 0.3) is 0 Å². The molecule has 0 N–H and O–H groups in total. The van der Waals surface area contributed by atoms with E-state index in [2.05, 4.69) is 120 Å². The van der Waals surface area contributed by atoms with E-state index in [9.17, 15) is 9.59 Å². The molecule has 0 spiro atoms. The van der Waals surface area contributed by atoms with Gasteiger partial charge in [-0.25, -0.2) is 0 Å². The molecule has 0 aliphatic heterocycles. The molecule has 216 valence electrons. The molecule has 1 aliphatic rings. The van der Waals surface area contributed by atoms with E-state index in [1.807, 2.05) is 30.3 Å². The van der Waals surface area contributed by atoms with Crippen LogP contribution in [0.25, 0.3) is 49.2 Å². The molecule has 46 heavy (non-hydrogen) atoms. The number of hydrogen-bond donors (Lipinski definition) is 0. The number of carbonyl (C=O) groups is 2. The fourth-order valence-corrected chi connectivity index (χ4v) is 7.66. The number of ketones is 2. The Labute approximate surface area is 269 Å². The molecule has 0 saturated heterocycles. The standard InChI is InChI=1S/C42H25NO2S/c44-41-36-23-31-20-28-10-3-4-11-29(28)21-32(31)24-37(36)42(45)38(41)25-34-18-19-40(46-34)43(33-17-16-26-8-1-2-12-30(26)22-33)39-15-7-13-27-9-5-6-14-35(27)39/h1-25H. The van der Waals surface area contributed by atoms with E-state index in [0.29, 0.717) is 11.1 Å². The normalized spacial score (nSPS) is 12.8. The lowest BCUT2D eigenvalue weighted by Gasteiger charge is -2.25. The molecule has 4 heteroatoms. The van der Waals surface area contributed by atoms with Crippen molar-refractivity contribution in [1.29, 1.82) is 0 Å². The molecule has 3 nitrogen and oxygen atoms in total. The maximum atomic E-state index is 13.7. The summed E-state index contributed by atoms with van der Waals surface area (Å²) in [5, 5.41) is 9.76. The molecule has 0 saturated carbocycles. The summed E-state index contributed by atoms with van der Waals surface area (Å²) < 4.78 is 0. The number of benzene rings is 7. The first-order valence-corrected chi connectivity index (χ1v) is 16.1. The summed E-state index contributed by atoms with van der Waals surface area (Å²) in [7, 11) is 0. The zero-order chi connectivity index (χ0) is 30.8. The van der Waals surface area contributed by atoms with Gasteiger partial charge in [-0.1, -0.05) is 91.0 Å². The van der Waals surface area contributed by atoms with Gasteiger partial charge >= 0.3 is 0 Å². The number of hydrogen-bond acceptors (Lipinski definition) is 4. The van der Waals surface area contributed by atoms with Crippen LogP contribution in [0.3, 0.4) is 0 Å². The fourth-order valence-electron chi connectivity index (χ4n) is 6.68. The predicted octanol–water partition coefficient (Wildman–Crippen LogP) is 11.3. The first-order chi connectivity index (χ1) is 22.6. The third-order valence-corrected chi connectivity index (χ3v) is 9.96. The number of nitrogens with zero attached hydrogens (tertiary/aromatic N) is 1. The topological polar surface area (TPSA) is 37.4 Å². The van der Waals surface area contributed by atoms with E-state index in [1.165, 1.54) is 5.39 Å². The molecular weight excluding hydrogens is 583 g/mol. The van der Waals surface area contributed by atoms with Crippen LogP contribution in [0.15, 0.2) is 151 Å². The molecule has 0 atom stereocenters. The molecule has 0 unspecified atom stereocenters. The number of anilines is 3. The van der Waals surface area contributed by atoms with Gasteiger partial charge in [0.05, 0.1) is 11.3 Å². The van der Waals surface area contributed by atoms with Crippen molar-refractivity contribution < 1.29 is 9.59 Å². The highest BCUT2D eigenvalue weighted by Crippen LogP contribution is 2.43. The Morgan fingerprint density at radius 2 is 1.07 bits per heavy atom. The van der Waals surface area contributed by atoms with Crippen LogP contribution in [-0.4, -0.2) is 11.6 Å². The number of fused-ring (bicyclic) bond motifs is 5. The van der Waals surface area contributed by atoms with E-state index in [1.54, 1.807) is 17.4 Å². The van der Waals surface area contributed by atoms with E-state index in [4.69, 9.17) is 0 Å². The van der Waals surface area contributed by atoms with Gasteiger partial charge in [0.1, 0.15) is 5.00 Å². The Kier molecular flexibility index (Phi) is 5.99. The second kappa shape index (κ2) is 10.4. The first kappa shape index (κ1) is 26.6. The summed E-state index contributed by atoms with van der Waals surface area (Å²) >= 11 is 1.56. The fraction of sp³-hybridized carbons (Fsp3) is 0. The lowest BCUT2D eigenvalue weighted by atomic mass is 9.99. The van der Waals surface area contributed by atoms with E-state index in [0.717, 1.165) is 59.0 Å². The van der Waals surface area contributed by atoms with Gasteiger partial charge in [-0.15, -0.1) is 11.3 Å². The lowest BCUT2D eigenvalue weighted by Crippen LogP contribution is -2.08. The molecule has 0 amide bonds. The SMILES string of the molecule is O=C1C(=Cc2ccc(N(c3ccc4ccccc4c3)c3cccc4ccccc34)s2)C(=O)c2cc3cc4ccccc4cc3cc21. The van der Waals surface area contributed by atoms with Crippen LogP contribution in [0.1, 0.15) is 25.6 Å². The van der Waals surface area contributed by atoms with Crippen LogP contribution in [0, 0.1) is 0 Å². The van der Waals surface area contributed by atoms with Gasteiger partial charge in [-0.05, 0) is 98.4 Å². The molecule has 0 fully saturated rings. The Bertz CT molecular complexity index is 2510. The summed E-state index contributed by atoms with van der Waals surface area (Å²) in [4.78, 5) is 30.5. The highest BCUT2D eigenvalue weighted by molar-refractivity contribution is 7.17. The van der Waals surface area contributed by atoms with Gasteiger partial charge in [0.2, 0.25) is 0 Å². The van der Waals surface area contributed by atoms with Gasteiger partial charge in [-0.3, -0.25) is 9.59 Å². The Balaban J connectivity index is 1.15. The smallest absolute Gasteiger partial charge is 0.197 e. The minimum Gasteiger partial charge on any atom is -0.301 e. The average molecular weight is 608 g/mol. The number of rotatable bonds is 4. The Morgan fingerprint density at radius 3 is 1.76 bits per heavy atom. The molecule has 8 aromatic rings. The van der Waals surface area contributed by atoms with Gasteiger partial charge in [-0.2, -0.15) is 0 Å². The summed E-state index contributed by atoms with van der Waals surface area (Å²) in [5.74, 6) is -0.434. The number of Topliss-reactive ketones (excluding diaryl/α,β-unsaturated/α-hetero) is 2. The molecule has 1 heterocycles. The second-order valence-electron chi connectivity index (χ2n) is 11.7. The summed E-state index contributed by atoms with van der Waals surface area (Å²) in [6.07, 6.45) is 1.77. The van der Waals surface area contributed by atoms with Crippen LogP contribution in [0.2, 0.25) is 0 Å². The summed E-state index contributed by atoms with van der Waals surface area (Å²) in [6.45, 7) is 0. The summed E-state index contributed by atoms with van der Waals surface area (Å²) in [6, 6.07) is 49.8. The van der Waals surface area contributed by atoms with Crippen LogP contribution >= 0.6 is 11.3 Å². The first-order valence-electron chi connectivity index (χ1n) is 15.2. The average Bonchev–Trinajstić information content (AvgIpc) is 3.64. The zero-order valence-electron chi connectivity index (χ0n) is 24.6. The third kappa shape index (κ3) is 4.26. The monoisotopic (exact) mass is 607 g/mol. The van der Waals surface area contributed by atoms with Crippen molar-refractivity contribution in [2.45, 2.75) is 0 Å². The van der Waals surface area contributed by atoms with Crippen molar-refractivity contribution in [2.75, 3.05) is 4.90 Å². The number of thiophene rings is 1. The van der Waals surface area contributed by atoms with Crippen molar-refractivity contribution in [3.63, 3.8) is 0 Å². The maximum absolute atomic E-state index is 13.7. The predicted molar refractivity (Wildman–Crippen MR) is 192 cm³/mol. The van der Waals surface area contributed by atoms with E-state index >= 15 is 0 Å². The molecular formula is C42H25NO2S. The molecule has 7 aromatic carbocycles. The van der Waals surface area contributed by atoms with E-state index < -0.39 is 0 Å². The minimum absolute atomic E-state index is 0.214. The quantitative estimate of drug-likeness (QED) is 0.113. The number of allylic oxidation sites excluding steroid dienone is 1. The van der Waals surface area contributed by atoms with Crippen LogP contribution < -0.4 is 4.90 Å². The molecule has 1 aromatic heterocycles. The Hall–Kier alpha value is -5.84. The van der Waals surface area contributed by atoms with Gasteiger partial charge in [0, 0.05) is 27.1 Å². The molecule has 9 rings (SSSR count). The van der Waals surface area contributed by atoms with Crippen LogP contribution in [0.4, 0.5) is 16.4 Å². The van der Waals surface area contributed by atoms with E-state index in [-0.39, 0.29) is 17.1 Å². The highest BCUT2D eigenvalue weighted by Gasteiger charge is 2.33. The number of carbonyl (C=O) groups excluding carboxylic acids is 2. The Morgan fingerprint density at radius 1 is 0.478 bits per heavy atom. The van der Waals surface area contributed by atoms with Crippen molar-refractivity contribution in [1.82, 2.24) is 0 Å². The minimum atomic E-state index is -0.217. The van der Waals surface area contributed by atoms with Crippen molar-refractivity contribution in [3.8, 4) is 0 Å². The van der Waals surface area contributed by atoms with Crippen LogP contribution in [-0.2, 0) is 0 Å². The molecule has 0 radical (unpaired) electrons. The third-order valence-electron chi connectivity index (χ3n) is 8.94. The summed E-state index contributed by atoms with van der Waals surface area (Å²) in [5.41, 5.74) is 3.27. The maximum Gasteiger partial charge on any atom is 0.197 e. The van der Waals surface area contributed by atoms with Crippen molar-refractivity contribution in [2.24, 2.45) is 0 Å². The second-order valence-corrected chi connectivity index (χ2v) is 12.8. The highest BCUT2D eigenvalue weighted by atomic mass is 32.1. The largest absolute Gasteiger partial charge is 0.301 e. The zero-order valence-corrected chi connectivity index (χ0v) is 25.4.